The van der Waals surface area contributed by atoms with Gasteiger partial charge in [-0.3, -0.25) is 10.1 Å². The van der Waals surface area contributed by atoms with E-state index in [9.17, 15) is 18.5 Å². The second-order valence-corrected chi connectivity index (χ2v) is 5.52. The monoisotopic (exact) mass is 254 g/mol. The van der Waals surface area contributed by atoms with Crippen LogP contribution in [0.25, 0.3) is 0 Å². The van der Waals surface area contributed by atoms with Gasteiger partial charge in [-0.15, -0.1) is 6.58 Å². The van der Waals surface area contributed by atoms with E-state index in [-0.39, 0.29) is 16.6 Å². The molecule has 1 aromatic carbocycles. The zero-order valence-corrected chi connectivity index (χ0v) is 9.63. The fourth-order valence-electron chi connectivity index (χ4n) is 1.48. The number of nitro benzene ring substituents is 1. The fourth-order valence-corrected chi connectivity index (χ4v) is 3.02. The molecule has 0 saturated carbocycles. The molecule has 0 amide bonds. The van der Waals surface area contributed by atoms with Crippen molar-refractivity contribution in [3.05, 3.63) is 47.0 Å². The molecule has 1 heterocycles. The Morgan fingerprint density at radius 1 is 1.41 bits per heavy atom. The maximum absolute atomic E-state index is 12.0. The number of nitrogens with zero attached hydrogens (tertiary/aromatic N) is 2. The number of benzene rings is 1. The summed E-state index contributed by atoms with van der Waals surface area (Å²) in [5.74, 6) is 0. The summed E-state index contributed by atoms with van der Waals surface area (Å²) < 4.78 is 25.2. The first-order valence-corrected chi connectivity index (χ1v) is 6.29. The van der Waals surface area contributed by atoms with Crippen LogP contribution in [0.5, 0.6) is 0 Å². The van der Waals surface area contributed by atoms with Crippen LogP contribution in [0, 0.1) is 10.1 Å². The minimum Gasteiger partial charge on any atom is -0.258 e. The summed E-state index contributed by atoms with van der Waals surface area (Å²) in [5.41, 5.74) is -0.130. The summed E-state index contributed by atoms with van der Waals surface area (Å²) in [5, 5.41) is 10.4. The second-order valence-electron chi connectivity index (χ2n) is 3.63. The summed E-state index contributed by atoms with van der Waals surface area (Å²) >= 11 is 0. The van der Waals surface area contributed by atoms with Crippen molar-refractivity contribution < 1.29 is 13.3 Å². The molecule has 7 heteroatoms. The lowest BCUT2D eigenvalue weighted by Gasteiger charge is -2.04. The van der Waals surface area contributed by atoms with Gasteiger partial charge >= 0.3 is 0 Å². The van der Waals surface area contributed by atoms with Gasteiger partial charge in [-0.05, 0) is 12.1 Å². The van der Waals surface area contributed by atoms with Gasteiger partial charge < -0.3 is 0 Å². The van der Waals surface area contributed by atoms with Crippen molar-refractivity contribution in [2.24, 2.45) is 0 Å². The fraction of sp³-hybridized carbons (Fsp3) is 0.200. The third kappa shape index (κ3) is 2.06. The Kier molecular flexibility index (Phi) is 2.72. The average Bonchev–Trinajstić information content (AvgIpc) is 3.09. The van der Waals surface area contributed by atoms with Crippen molar-refractivity contribution in [1.29, 1.82) is 0 Å². The highest BCUT2D eigenvalue weighted by molar-refractivity contribution is 7.89. The van der Waals surface area contributed by atoms with Crippen molar-refractivity contribution in [2.45, 2.75) is 10.9 Å². The summed E-state index contributed by atoms with van der Waals surface area (Å²) in [6, 6.07) is 4.69. The van der Waals surface area contributed by atoms with Crippen molar-refractivity contribution >= 4 is 15.7 Å². The van der Waals surface area contributed by atoms with Crippen molar-refractivity contribution in [3.8, 4) is 0 Å². The second kappa shape index (κ2) is 3.94. The van der Waals surface area contributed by atoms with Crippen LogP contribution >= 0.6 is 0 Å². The first-order chi connectivity index (χ1) is 7.96. The predicted molar refractivity (Wildman–Crippen MR) is 61.0 cm³/mol. The summed E-state index contributed by atoms with van der Waals surface area (Å²) in [4.78, 5) is 9.93. The van der Waals surface area contributed by atoms with Crippen LogP contribution in [0.1, 0.15) is 0 Å². The van der Waals surface area contributed by atoms with E-state index in [4.69, 9.17) is 0 Å². The van der Waals surface area contributed by atoms with E-state index in [1.165, 1.54) is 28.6 Å². The van der Waals surface area contributed by atoms with E-state index < -0.39 is 14.9 Å². The molecule has 0 radical (unpaired) electrons. The van der Waals surface area contributed by atoms with Crippen LogP contribution in [0.3, 0.4) is 0 Å². The molecule has 1 aromatic rings. The molecule has 0 aliphatic carbocycles. The smallest absolute Gasteiger partial charge is 0.258 e. The van der Waals surface area contributed by atoms with E-state index in [0.29, 0.717) is 6.54 Å². The summed E-state index contributed by atoms with van der Waals surface area (Å²) in [6.45, 7) is 3.94. The van der Waals surface area contributed by atoms with Gasteiger partial charge in [0.1, 0.15) is 0 Å². The Morgan fingerprint density at radius 3 is 2.41 bits per heavy atom. The largest absolute Gasteiger partial charge is 0.269 e. The summed E-state index contributed by atoms with van der Waals surface area (Å²) in [6.07, 6.45) is 1.56. The van der Waals surface area contributed by atoms with E-state index in [1.807, 2.05) is 0 Å². The zero-order valence-electron chi connectivity index (χ0n) is 8.81. The Bertz CT molecular complexity index is 564. The Balaban J connectivity index is 2.29. The molecule has 6 nitrogen and oxygen atoms in total. The topological polar surface area (TPSA) is 80.3 Å². The minimum atomic E-state index is -3.53. The molecule has 17 heavy (non-hydrogen) atoms. The van der Waals surface area contributed by atoms with E-state index in [0.717, 1.165) is 0 Å². The van der Waals surface area contributed by atoms with Gasteiger partial charge in [-0.25, -0.2) is 8.42 Å². The number of hydrogen-bond acceptors (Lipinski definition) is 4. The van der Waals surface area contributed by atoms with Crippen molar-refractivity contribution in [1.82, 2.24) is 4.31 Å². The maximum atomic E-state index is 12.0. The third-order valence-electron chi connectivity index (χ3n) is 2.53. The highest BCUT2D eigenvalue weighted by Crippen LogP contribution is 2.29. The number of nitro groups is 1. The maximum Gasteiger partial charge on any atom is 0.269 e. The third-order valence-corrected chi connectivity index (χ3v) is 4.43. The normalized spacial score (nSPS) is 23.1. The van der Waals surface area contributed by atoms with E-state index in [2.05, 4.69) is 6.58 Å². The first-order valence-electron chi connectivity index (χ1n) is 4.85. The quantitative estimate of drug-likeness (QED) is 0.349. The van der Waals surface area contributed by atoms with Gasteiger partial charge in [0, 0.05) is 18.7 Å². The number of hydrogen-bond donors (Lipinski definition) is 0. The molecule has 0 spiro atoms. The van der Waals surface area contributed by atoms with Crippen molar-refractivity contribution in [2.75, 3.05) is 6.54 Å². The zero-order chi connectivity index (χ0) is 12.6. The molecule has 1 saturated heterocycles. The van der Waals surface area contributed by atoms with Gasteiger partial charge in [-0.2, -0.15) is 4.31 Å². The van der Waals surface area contributed by atoms with Crippen LogP contribution in [0.2, 0.25) is 0 Å². The minimum absolute atomic E-state index is 0.0625. The van der Waals surface area contributed by atoms with Crippen LogP contribution in [0.15, 0.2) is 41.8 Å². The SMILES string of the molecule is C=CC1CN1S(=O)(=O)c1ccc([N+](=O)[O-])cc1. The number of sulfonamides is 1. The molecule has 2 atom stereocenters. The van der Waals surface area contributed by atoms with Gasteiger partial charge in [0.05, 0.1) is 15.9 Å². The highest BCUT2D eigenvalue weighted by atomic mass is 32.2. The molecule has 1 aliphatic heterocycles. The van der Waals surface area contributed by atoms with Crippen LogP contribution < -0.4 is 0 Å². The van der Waals surface area contributed by atoms with Crippen LogP contribution in [-0.4, -0.2) is 30.2 Å². The molecular formula is C10H10N2O4S. The number of non-ortho nitro benzene ring substituents is 1. The lowest BCUT2D eigenvalue weighted by atomic mass is 10.3. The Hall–Kier alpha value is -1.73. The number of rotatable bonds is 4. The molecular weight excluding hydrogens is 244 g/mol. The molecule has 0 aromatic heterocycles. The average molecular weight is 254 g/mol. The van der Waals surface area contributed by atoms with Crippen LogP contribution in [0.4, 0.5) is 5.69 Å². The van der Waals surface area contributed by atoms with Crippen molar-refractivity contribution in [3.63, 3.8) is 0 Å². The van der Waals surface area contributed by atoms with Crippen LogP contribution in [-0.2, 0) is 10.0 Å². The highest BCUT2D eigenvalue weighted by Gasteiger charge is 2.42. The predicted octanol–water partition coefficient (Wildman–Crippen LogP) is 1.15. The lowest BCUT2D eigenvalue weighted by molar-refractivity contribution is -0.384. The van der Waals surface area contributed by atoms with E-state index >= 15 is 0 Å². The Morgan fingerprint density at radius 2 is 2.00 bits per heavy atom. The lowest BCUT2D eigenvalue weighted by Crippen LogP contribution is -2.13. The molecule has 1 fully saturated rings. The molecule has 2 rings (SSSR count). The molecule has 0 N–H and O–H groups in total. The van der Waals surface area contributed by atoms with Gasteiger partial charge in [0.25, 0.3) is 5.69 Å². The molecule has 0 bridgehead atoms. The standard InChI is InChI=1S/C10H10N2O4S/c1-2-8-7-11(8)17(15,16)10-5-3-9(4-6-10)12(13)14/h2-6,8H,1,7H2. The summed E-state index contributed by atoms with van der Waals surface area (Å²) in [7, 11) is -3.53. The Labute approximate surface area is 98.4 Å². The molecule has 90 valence electrons. The van der Waals surface area contributed by atoms with Gasteiger partial charge in [0.15, 0.2) is 0 Å². The molecule has 1 aliphatic rings. The molecule has 2 unspecified atom stereocenters. The van der Waals surface area contributed by atoms with Gasteiger partial charge in [0.2, 0.25) is 10.0 Å². The first kappa shape index (κ1) is 11.7. The van der Waals surface area contributed by atoms with E-state index in [1.54, 1.807) is 6.08 Å². The van der Waals surface area contributed by atoms with Gasteiger partial charge in [-0.1, -0.05) is 6.08 Å².